The van der Waals surface area contributed by atoms with E-state index in [2.05, 4.69) is 0 Å². The number of non-ortho nitro benzene ring substituents is 1. The van der Waals surface area contributed by atoms with E-state index in [4.69, 9.17) is 26.8 Å². The smallest absolute Gasteiger partial charge is 0.271 e. The van der Waals surface area contributed by atoms with Crippen LogP contribution in [-0.2, 0) is 4.74 Å². The van der Waals surface area contributed by atoms with Crippen molar-refractivity contribution in [1.29, 1.82) is 0 Å². The van der Waals surface area contributed by atoms with Crippen LogP contribution < -0.4 is 10.5 Å². The van der Waals surface area contributed by atoms with Crippen LogP contribution >= 0.6 is 11.6 Å². The van der Waals surface area contributed by atoms with E-state index in [0.29, 0.717) is 12.2 Å². The topological polar surface area (TPSA) is 87.6 Å². The van der Waals surface area contributed by atoms with Crippen LogP contribution in [-0.4, -0.2) is 30.3 Å². The van der Waals surface area contributed by atoms with Gasteiger partial charge in [0, 0.05) is 31.7 Å². The van der Waals surface area contributed by atoms with Gasteiger partial charge in [0.15, 0.2) is 0 Å². The van der Waals surface area contributed by atoms with E-state index < -0.39 is 4.92 Å². The van der Waals surface area contributed by atoms with Gasteiger partial charge in [-0.05, 0) is 6.07 Å². The molecule has 0 spiro atoms. The maximum Gasteiger partial charge on any atom is 0.271 e. The molecule has 0 aromatic heterocycles. The molecule has 0 bridgehead atoms. The largest absolute Gasteiger partial charge is 0.486 e. The molecular weight excluding hydrogens is 260 g/mol. The Morgan fingerprint density at radius 1 is 1.56 bits per heavy atom. The number of rotatable bonds is 4. The third-order valence-corrected chi connectivity index (χ3v) is 3.27. The first kappa shape index (κ1) is 13.1. The first-order valence-electron chi connectivity index (χ1n) is 5.42. The zero-order valence-corrected chi connectivity index (χ0v) is 10.5. The number of halogens is 1. The molecule has 0 aliphatic heterocycles. The molecule has 0 heterocycles. The number of ether oxygens (including phenoxy) is 2. The monoisotopic (exact) mass is 272 g/mol. The molecule has 0 amide bonds. The molecule has 0 radical (unpaired) electrons. The number of hydrogen-bond donors (Lipinski definition) is 1. The fourth-order valence-electron chi connectivity index (χ4n) is 1.92. The van der Waals surface area contributed by atoms with Gasteiger partial charge in [-0.15, -0.1) is 0 Å². The molecule has 1 aromatic carbocycles. The van der Waals surface area contributed by atoms with Crippen molar-refractivity contribution in [2.75, 3.05) is 7.11 Å². The maximum absolute atomic E-state index is 10.6. The van der Waals surface area contributed by atoms with Crippen LogP contribution in [0.3, 0.4) is 0 Å². The van der Waals surface area contributed by atoms with Crippen molar-refractivity contribution in [3.8, 4) is 5.75 Å². The van der Waals surface area contributed by atoms with Gasteiger partial charge >= 0.3 is 0 Å². The quantitative estimate of drug-likeness (QED) is 0.666. The first-order valence-corrected chi connectivity index (χ1v) is 5.79. The van der Waals surface area contributed by atoms with Gasteiger partial charge in [-0.3, -0.25) is 10.1 Å². The van der Waals surface area contributed by atoms with Gasteiger partial charge in [0.25, 0.3) is 5.69 Å². The highest BCUT2D eigenvalue weighted by Gasteiger charge is 2.41. The van der Waals surface area contributed by atoms with Gasteiger partial charge in [0.2, 0.25) is 0 Å². The van der Waals surface area contributed by atoms with Crippen molar-refractivity contribution in [1.82, 2.24) is 0 Å². The molecule has 2 rings (SSSR count). The lowest BCUT2D eigenvalue weighted by molar-refractivity contribution is -0.384. The lowest BCUT2D eigenvalue weighted by Crippen LogP contribution is -2.59. The molecule has 3 atom stereocenters. The standard InChI is InChI=1S/C11H13ClN2O4/c1-17-11-8(13)5-10(11)18-9-3-2-6(14(15)16)4-7(9)12/h2-4,8,10-11H,5,13H2,1H3. The van der Waals surface area contributed by atoms with Crippen LogP contribution in [0, 0.1) is 10.1 Å². The van der Waals surface area contributed by atoms with Gasteiger partial charge in [0.1, 0.15) is 18.0 Å². The van der Waals surface area contributed by atoms with Crippen molar-refractivity contribution >= 4 is 17.3 Å². The SMILES string of the molecule is COC1C(N)CC1Oc1ccc([N+](=O)[O-])cc1Cl. The summed E-state index contributed by atoms with van der Waals surface area (Å²) in [5.41, 5.74) is 5.68. The van der Waals surface area contributed by atoms with E-state index in [0.717, 1.165) is 0 Å². The Bertz CT molecular complexity index is 468. The van der Waals surface area contributed by atoms with Crippen molar-refractivity contribution in [2.24, 2.45) is 5.73 Å². The van der Waals surface area contributed by atoms with Crippen LogP contribution in [0.4, 0.5) is 5.69 Å². The van der Waals surface area contributed by atoms with Crippen LogP contribution in [0.15, 0.2) is 18.2 Å². The normalized spacial score (nSPS) is 26.5. The molecule has 1 aliphatic rings. The van der Waals surface area contributed by atoms with Crippen LogP contribution in [0.2, 0.25) is 5.02 Å². The second kappa shape index (κ2) is 5.09. The number of nitro groups is 1. The third kappa shape index (κ3) is 2.40. The zero-order chi connectivity index (χ0) is 13.3. The lowest BCUT2D eigenvalue weighted by atomic mass is 9.86. The summed E-state index contributed by atoms with van der Waals surface area (Å²) in [6.07, 6.45) is 0.339. The minimum absolute atomic E-state index is 0.0446. The summed E-state index contributed by atoms with van der Waals surface area (Å²) in [5.74, 6) is 0.404. The predicted molar refractivity (Wildman–Crippen MR) is 65.9 cm³/mol. The van der Waals surface area contributed by atoms with E-state index in [-0.39, 0.29) is 29.0 Å². The molecule has 7 heteroatoms. The molecule has 98 valence electrons. The maximum atomic E-state index is 10.6. The summed E-state index contributed by atoms with van der Waals surface area (Å²) in [4.78, 5) is 10.1. The Morgan fingerprint density at radius 3 is 2.78 bits per heavy atom. The second-order valence-electron chi connectivity index (χ2n) is 4.13. The van der Waals surface area contributed by atoms with Gasteiger partial charge in [-0.25, -0.2) is 0 Å². The Morgan fingerprint density at radius 2 is 2.28 bits per heavy atom. The number of benzene rings is 1. The van der Waals surface area contributed by atoms with Crippen LogP contribution in [0.5, 0.6) is 5.75 Å². The average Bonchev–Trinajstić information content (AvgIpc) is 2.30. The van der Waals surface area contributed by atoms with Crippen molar-refractivity contribution in [3.63, 3.8) is 0 Å². The second-order valence-corrected chi connectivity index (χ2v) is 4.54. The van der Waals surface area contributed by atoms with E-state index in [9.17, 15) is 10.1 Å². The van der Waals surface area contributed by atoms with Crippen LogP contribution in [0.1, 0.15) is 6.42 Å². The Balaban J connectivity index is 2.09. The van der Waals surface area contributed by atoms with E-state index in [1.54, 1.807) is 7.11 Å². The highest BCUT2D eigenvalue weighted by molar-refractivity contribution is 6.32. The molecule has 1 aromatic rings. The molecule has 0 saturated heterocycles. The number of methoxy groups -OCH3 is 1. The third-order valence-electron chi connectivity index (χ3n) is 2.97. The first-order chi connectivity index (χ1) is 8.52. The van der Waals surface area contributed by atoms with Gasteiger partial charge in [-0.1, -0.05) is 11.6 Å². The van der Waals surface area contributed by atoms with Gasteiger partial charge in [-0.2, -0.15) is 0 Å². The zero-order valence-electron chi connectivity index (χ0n) is 9.71. The average molecular weight is 273 g/mol. The number of hydrogen-bond acceptors (Lipinski definition) is 5. The van der Waals surface area contributed by atoms with Crippen molar-refractivity contribution in [2.45, 2.75) is 24.7 Å². The summed E-state index contributed by atoms with van der Waals surface area (Å²) in [7, 11) is 1.57. The molecule has 1 fully saturated rings. The number of nitrogens with zero attached hydrogens (tertiary/aromatic N) is 1. The highest BCUT2D eigenvalue weighted by Crippen LogP contribution is 2.33. The fourth-order valence-corrected chi connectivity index (χ4v) is 2.14. The Labute approximate surface area is 109 Å². The summed E-state index contributed by atoms with van der Waals surface area (Å²) >= 11 is 5.92. The number of nitrogens with two attached hydrogens (primary N) is 1. The Hall–Kier alpha value is -1.37. The van der Waals surface area contributed by atoms with E-state index in [1.165, 1.54) is 18.2 Å². The summed E-state index contributed by atoms with van der Waals surface area (Å²) in [5, 5.41) is 10.8. The lowest BCUT2D eigenvalue weighted by Gasteiger charge is -2.41. The molecule has 6 nitrogen and oxygen atoms in total. The fraction of sp³-hybridized carbons (Fsp3) is 0.455. The summed E-state index contributed by atoms with van der Waals surface area (Å²) < 4.78 is 10.8. The van der Waals surface area contributed by atoms with Crippen molar-refractivity contribution in [3.05, 3.63) is 33.3 Å². The highest BCUT2D eigenvalue weighted by atomic mass is 35.5. The van der Waals surface area contributed by atoms with E-state index >= 15 is 0 Å². The predicted octanol–water partition coefficient (Wildman–Crippen LogP) is 1.74. The molecule has 1 saturated carbocycles. The van der Waals surface area contributed by atoms with E-state index in [1.807, 2.05) is 0 Å². The van der Waals surface area contributed by atoms with Crippen LogP contribution in [0.25, 0.3) is 0 Å². The minimum atomic E-state index is -0.507. The summed E-state index contributed by atoms with van der Waals surface area (Å²) in [6.45, 7) is 0. The van der Waals surface area contributed by atoms with Crippen molar-refractivity contribution < 1.29 is 14.4 Å². The van der Waals surface area contributed by atoms with Gasteiger partial charge < -0.3 is 15.2 Å². The number of nitro benzene ring substituents is 1. The summed E-state index contributed by atoms with van der Waals surface area (Å²) in [6, 6.07) is 4.05. The minimum Gasteiger partial charge on any atom is -0.486 e. The molecule has 2 N–H and O–H groups in total. The Kier molecular flexibility index (Phi) is 3.70. The molecule has 1 aliphatic carbocycles. The molecular formula is C11H13ClN2O4. The van der Waals surface area contributed by atoms with Gasteiger partial charge in [0.05, 0.1) is 9.95 Å². The molecule has 18 heavy (non-hydrogen) atoms. The molecule has 3 unspecified atom stereocenters.